The average molecular weight is 156 g/mol. The smallest absolute Gasteiger partial charge is 0.255 e. The maximum atomic E-state index is 9.13. The molecule has 1 heterocycles. The van der Waals surface area contributed by atoms with Crippen LogP contribution in [0.25, 0.3) is 0 Å². The van der Waals surface area contributed by atoms with Crippen molar-refractivity contribution in [2.75, 3.05) is 7.05 Å². The van der Waals surface area contributed by atoms with E-state index in [1.54, 1.807) is 0 Å². The van der Waals surface area contributed by atoms with Crippen LogP contribution in [-0.4, -0.2) is 17.3 Å². The van der Waals surface area contributed by atoms with Crippen LogP contribution >= 0.6 is 0 Å². The molecule has 0 aliphatic rings. The zero-order valence-corrected chi connectivity index (χ0v) is 6.72. The number of rotatable bonds is 3. The number of nitrogens with one attached hydrogen (secondary N) is 1. The molecule has 4 nitrogen and oxygen atoms in total. The summed E-state index contributed by atoms with van der Waals surface area (Å²) in [6, 6.07) is 0. The number of nitrogens with zero attached hydrogens (tertiary/aromatic N) is 1. The van der Waals surface area contributed by atoms with Gasteiger partial charge in [-0.05, 0) is 18.6 Å². The zero-order chi connectivity index (χ0) is 8.27. The number of aromatic hydroxyl groups is 1. The maximum Gasteiger partial charge on any atom is 0.255 e. The van der Waals surface area contributed by atoms with Gasteiger partial charge in [-0.1, -0.05) is 6.92 Å². The second-order valence-corrected chi connectivity index (χ2v) is 2.29. The Labute approximate surface area is 65.2 Å². The Kier molecular flexibility index (Phi) is 2.48. The fraction of sp³-hybridized carbons (Fsp3) is 0.571. The van der Waals surface area contributed by atoms with Gasteiger partial charge in [0.1, 0.15) is 0 Å². The predicted molar refractivity (Wildman–Crippen MR) is 40.3 cm³/mol. The lowest BCUT2D eigenvalue weighted by atomic mass is 10.2. The van der Waals surface area contributed by atoms with Crippen molar-refractivity contribution >= 4 is 0 Å². The highest BCUT2D eigenvalue weighted by atomic mass is 16.5. The van der Waals surface area contributed by atoms with Crippen molar-refractivity contribution < 1.29 is 9.63 Å². The van der Waals surface area contributed by atoms with Crippen LogP contribution in [0.1, 0.15) is 18.2 Å². The zero-order valence-electron chi connectivity index (χ0n) is 6.72. The van der Waals surface area contributed by atoms with Crippen LogP contribution < -0.4 is 5.32 Å². The molecule has 0 saturated carbocycles. The molecule has 0 radical (unpaired) electrons. The number of hydrogen-bond donors (Lipinski definition) is 2. The molecular formula is C7H12N2O2. The van der Waals surface area contributed by atoms with Gasteiger partial charge in [0.25, 0.3) is 5.88 Å². The van der Waals surface area contributed by atoms with Crippen LogP contribution in [0.2, 0.25) is 0 Å². The van der Waals surface area contributed by atoms with E-state index in [-0.39, 0.29) is 5.88 Å². The summed E-state index contributed by atoms with van der Waals surface area (Å²) in [4.78, 5) is 0. The molecule has 0 amide bonds. The molecule has 0 atom stereocenters. The van der Waals surface area contributed by atoms with E-state index in [4.69, 9.17) is 9.63 Å². The molecule has 1 aromatic rings. The van der Waals surface area contributed by atoms with Crippen molar-refractivity contribution in [2.24, 2.45) is 0 Å². The van der Waals surface area contributed by atoms with Crippen LogP contribution in [0.15, 0.2) is 4.52 Å². The normalized spacial score (nSPS) is 10.4. The van der Waals surface area contributed by atoms with Crippen molar-refractivity contribution in [3.05, 3.63) is 11.3 Å². The van der Waals surface area contributed by atoms with E-state index < -0.39 is 0 Å². The lowest BCUT2D eigenvalue weighted by Crippen LogP contribution is -2.05. The summed E-state index contributed by atoms with van der Waals surface area (Å²) in [6.45, 7) is 2.56. The van der Waals surface area contributed by atoms with E-state index in [0.717, 1.165) is 12.0 Å². The molecule has 0 saturated heterocycles. The van der Waals surface area contributed by atoms with Crippen LogP contribution in [0.5, 0.6) is 5.88 Å². The molecular weight excluding hydrogens is 144 g/mol. The van der Waals surface area contributed by atoms with Crippen molar-refractivity contribution in [2.45, 2.75) is 19.9 Å². The molecule has 0 aromatic carbocycles. The van der Waals surface area contributed by atoms with Crippen LogP contribution in [0.3, 0.4) is 0 Å². The monoisotopic (exact) mass is 156 g/mol. The third-order valence-corrected chi connectivity index (χ3v) is 1.54. The van der Waals surface area contributed by atoms with Crippen molar-refractivity contribution in [1.82, 2.24) is 10.5 Å². The summed E-state index contributed by atoms with van der Waals surface area (Å²) in [5, 5.41) is 15.5. The summed E-state index contributed by atoms with van der Waals surface area (Å²) in [5.74, 6) is 0.727. The van der Waals surface area contributed by atoms with Gasteiger partial charge in [-0.3, -0.25) is 0 Å². The van der Waals surface area contributed by atoms with Gasteiger partial charge < -0.3 is 14.9 Å². The maximum absolute atomic E-state index is 9.13. The summed E-state index contributed by atoms with van der Waals surface area (Å²) in [7, 11) is 1.82. The predicted octanol–water partition coefficient (Wildman–Crippen LogP) is 0.662. The van der Waals surface area contributed by atoms with E-state index >= 15 is 0 Å². The highest BCUT2D eigenvalue weighted by Gasteiger charge is 2.11. The molecule has 0 aliphatic heterocycles. The van der Waals surface area contributed by atoms with Gasteiger partial charge in [-0.15, -0.1) is 0 Å². The molecule has 1 rings (SSSR count). The fourth-order valence-electron chi connectivity index (χ4n) is 0.988. The third kappa shape index (κ3) is 1.51. The Morgan fingerprint density at radius 2 is 2.36 bits per heavy atom. The van der Waals surface area contributed by atoms with Gasteiger partial charge >= 0.3 is 0 Å². The first-order valence-electron chi connectivity index (χ1n) is 3.60. The second kappa shape index (κ2) is 3.39. The van der Waals surface area contributed by atoms with Gasteiger partial charge in [0.2, 0.25) is 0 Å². The summed E-state index contributed by atoms with van der Waals surface area (Å²) in [6.07, 6.45) is 0.742. The Balaban J connectivity index is 2.86. The first-order valence-corrected chi connectivity index (χ1v) is 3.60. The molecule has 2 N–H and O–H groups in total. The first-order chi connectivity index (χ1) is 5.29. The molecule has 62 valence electrons. The minimum Gasteiger partial charge on any atom is -0.491 e. The summed E-state index contributed by atoms with van der Waals surface area (Å²) >= 11 is 0. The van der Waals surface area contributed by atoms with E-state index in [1.165, 1.54) is 0 Å². The Morgan fingerprint density at radius 1 is 1.64 bits per heavy atom. The Hall–Kier alpha value is -1.03. The SMILES string of the molecule is CCc1c(O)noc1CNC. The molecule has 0 spiro atoms. The van der Waals surface area contributed by atoms with Crippen LogP contribution in [0.4, 0.5) is 0 Å². The minimum absolute atomic E-state index is 0.0118. The molecule has 0 fully saturated rings. The Bertz CT molecular complexity index is 232. The molecule has 11 heavy (non-hydrogen) atoms. The van der Waals surface area contributed by atoms with Crippen molar-refractivity contribution in [3.63, 3.8) is 0 Å². The lowest BCUT2D eigenvalue weighted by Gasteiger charge is -1.95. The van der Waals surface area contributed by atoms with Gasteiger partial charge in [0.15, 0.2) is 5.76 Å². The summed E-state index contributed by atoms with van der Waals surface area (Å²) in [5.41, 5.74) is 0.791. The van der Waals surface area contributed by atoms with Crippen LogP contribution in [0, 0.1) is 0 Å². The molecule has 0 bridgehead atoms. The van der Waals surface area contributed by atoms with Crippen molar-refractivity contribution in [1.29, 1.82) is 0 Å². The van der Waals surface area contributed by atoms with E-state index in [0.29, 0.717) is 12.3 Å². The van der Waals surface area contributed by atoms with Crippen LogP contribution in [-0.2, 0) is 13.0 Å². The van der Waals surface area contributed by atoms with Gasteiger partial charge in [-0.25, -0.2) is 0 Å². The number of hydrogen-bond acceptors (Lipinski definition) is 4. The van der Waals surface area contributed by atoms with Gasteiger partial charge in [-0.2, -0.15) is 0 Å². The average Bonchev–Trinajstić information content (AvgIpc) is 2.33. The topological polar surface area (TPSA) is 58.3 Å². The Morgan fingerprint density at radius 3 is 2.91 bits per heavy atom. The molecule has 0 aliphatic carbocycles. The quantitative estimate of drug-likeness (QED) is 0.675. The van der Waals surface area contributed by atoms with E-state index in [9.17, 15) is 0 Å². The highest BCUT2D eigenvalue weighted by molar-refractivity contribution is 5.26. The lowest BCUT2D eigenvalue weighted by molar-refractivity contribution is 0.338. The third-order valence-electron chi connectivity index (χ3n) is 1.54. The molecule has 1 aromatic heterocycles. The second-order valence-electron chi connectivity index (χ2n) is 2.29. The van der Waals surface area contributed by atoms with E-state index in [1.807, 2.05) is 14.0 Å². The molecule has 4 heteroatoms. The van der Waals surface area contributed by atoms with Gasteiger partial charge in [0.05, 0.1) is 12.1 Å². The van der Waals surface area contributed by atoms with Gasteiger partial charge in [0, 0.05) is 0 Å². The highest BCUT2D eigenvalue weighted by Crippen LogP contribution is 2.19. The minimum atomic E-state index is 0.0118. The number of aromatic nitrogens is 1. The largest absolute Gasteiger partial charge is 0.491 e. The standard InChI is InChI=1S/C7H12N2O2/c1-3-5-6(4-8-2)11-9-7(5)10/h8H,3-4H2,1-2H3,(H,9,10). The fourth-order valence-corrected chi connectivity index (χ4v) is 0.988. The first kappa shape index (κ1) is 8.07. The summed E-state index contributed by atoms with van der Waals surface area (Å²) < 4.78 is 4.86. The van der Waals surface area contributed by atoms with E-state index in [2.05, 4.69) is 10.5 Å². The molecule has 0 unspecified atom stereocenters. The van der Waals surface area contributed by atoms with Crippen molar-refractivity contribution in [3.8, 4) is 5.88 Å².